The first-order valence-corrected chi connectivity index (χ1v) is 15.6. The number of aromatic nitrogens is 1. The van der Waals surface area contributed by atoms with E-state index in [0.29, 0.717) is 0 Å². The minimum atomic E-state index is -2.17. The van der Waals surface area contributed by atoms with Crippen molar-refractivity contribution in [3.05, 3.63) is 59.4 Å². The second-order valence-electron chi connectivity index (χ2n) is 6.98. The van der Waals surface area contributed by atoms with Crippen LogP contribution < -0.4 is 4.74 Å². The van der Waals surface area contributed by atoms with Gasteiger partial charge in [-0.1, -0.05) is 80.5 Å². The lowest BCUT2D eigenvalue weighted by Crippen LogP contribution is -2.33. The number of hydrogen-bond donors (Lipinski definition) is 0. The molecule has 1 heterocycles. The van der Waals surface area contributed by atoms with E-state index in [9.17, 15) is 4.57 Å². The van der Waals surface area contributed by atoms with Crippen LogP contribution in [0.2, 0.25) is 0 Å². The van der Waals surface area contributed by atoms with Crippen LogP contribution in [0.4, 0.5) is 0 Å². The Hall–Kier alpha value is -1.64. The Bertz CT molecular complexity index is 666. The van der Waals surface area contributed by atoms with Crippen molar-refractivity contribution in [3.8, 4) is 5.75 Å². The van der Waals surface area contributed by atoms with Crippen molar-refractivity contribution in [2.24, 2.45) is 0 Å². The van der Waals surface area contributed by atoms with Gasteiger partial charge in [0.25, 0.3) is 0 Å². The van der Waals surface area contributed by atoms with E-state index in [0.717, 1.165) is 29.8 Å². The summed E-state index contributed by atoms with van der Waals surface area (Å²) in [5, 5.41) is 0. The van der Waals surface area contributed by atoms with Crippen molar-refractivity contribution >= 4 is 7.14 Å². The molecule has 34 heavy (non-hydrogen) atoms. The standard InChI is InChI=1S/C16H28NO2P.C5H5N.4C2H6/c1-8-17(4)15(20(6,7)18)11-14-9-12(2)16(19-5)13(3)10-14;1-2-4-6-5-3-1;4*1-2/h9-10,15H,8,11H2,1-7H3;1-5H;4*1-2H3. The maximum atomic E-state index is 12.5. The quantitative estimate of drug-likeness (QED) is 0.374. The monoisotopic (exact) mass is 496 g/mol. The van der Waals surface area contributed by atoms with E-state index < -0.39 is 7.14 Å². The topological polar surface area (TPSA) is 42.4 Å². The maximum absolute atomic E-state index is 12.5. The second-order valence-corrected chi connectivity index (χ2v) is 10.4. The van der Waals surface area contributed by atoms with Crippen molar-refractivity contribution in [2.75, 3.05) is 34.0 Å². The zero-order valence-corrected chi connectivity index (χ0v) is 26.1. The first kappa shape index (κ1) is 39.6. The predicted molar refractivity (Wildman–Crippen MR) is 157 cm³/mol. The fourth-order valence-electron chi connectivity index (χ4n) is 3.06. The number of aryl methyl sites for hydroxylation is 2. The number of methoxy groups -OCH3 is 1. The van der Waals surface area contributed by atoms with Crippen molar-refractivity contribution in [1.29, 1.82) is 0 Å². The van der Waals surface area contributed by atoms with Gasteiger partial charge in [-0.15, -0.1) is 0 Å². The molecule has 4 nitrogen and oxygen atoms in total. The van der Waals surface area contributed by atoms with E-state index >= 15 is 0 Å². The molecule has 0 N–H and O–H groups in total. The molecule has 0 fully saturated rings. The normalized spacial score (nSPS) is 10.1. The lowest BCUT2D eigenvalue weighted by Gasteiger charge is -2.30. The number of rotatable bonds is 6. The third-order valence-electron chi connectivity index (χ3n) is 4.43. The third-order valence-corrected chi connectivity index (χ3v) is 6.45. The molecule has 2 rings (SSSR count). The number of hydrogen-bond acceptors (Lipinski definition) is 4. The molecule has 0 spiro atoms. The summed E-state index contributed by atoms with van der Waals surface area (Å²) in [5.74, 6) is 1.05. The highest BCUT2D eigenvalue weighted by Crippen LogP contribution is 2.45. The van der Waals surface area contributed by atoms with E-state index in [1.807, 2.05) is 94.0 Å². The molecule has 2 aromatic rings. The van der Waals surface area contributed by atoms with E-state index in [4.69, 9.17) is 4.74 Å². The summed E-state index contributed by atoms with van der Waals surface area (Å²) in [4.78, 5) is 5.97. The van der Waals surface area contributed by atoms with Gasteiger partial charge < -0.3 is 9.30 Å². The van der Waals surface area contributed by atoms with Crippen LogP contribution in [0, 0.1) is 13.8 Å². The van der Waals surface area contributed by atoms with Crippen LogP contribution in [0.1, 0.15) is 79.0 Å². The minimum Gasteiger partial charge on any atom is -0.496 e. The Kier molecular flexibility index (Phi) is 30.2. The second kappa shape index (κ2) is 26.0. The van der Waals surface area contributed by atoms with Crippen molar-refractivity contribution in [2.45, 2.75) is 88.4 Å². The molecule has 1 unspecified atom stereocenters. The summed E-state index contributed by atoms with van der Waals surface area (Å²) in [6, 6.07) is 10.0. The van der Waals surface area contributed by atoms with Gasteiger partial charge in [0.05, 0.1) is 20.0 Å². The van der Waals surface area contributed by atoms with Crippen molar-refractivity contribution in [3.63, 3.8) is 0 Å². The van der Waals surface area contributed by atoms with Gasteiger partial charge in [0.1, 0.15) is 5.75 Å². The molecule has 1 aromatic carbocycles. The van der Waals surface area contributed by atoms with Gasteiger partial charge in [0, 0.05) is 12.4 Å². The zero-order chi connectivity index (χ0) is 27.7. The van der Waals surface area contributed by atoms with E-state index in [1.54, 1.807) is 19.5 Å². The van der Waals surface area contributed by atoms with Crippen molar-refractivity contribution < 1.29 is 9.30 Å². The summed E-state index contributed by atoms with van der Waals surface area (Å²) in [5.41, 5.74) is 3.51. The van der Waals surface area contributed by atoms with Gasteiger partial charge in [-0.2, -0.15) is 0 Å². The minimum absolute atomic E-state index is 0.0969. The molecule has 0 aliphatic carbocycles. The Morgan fingerprint density at radius 3 is 1.53 bits per heavy atom. The Balaban J connectivity index is -0.000000265. The van der Waals surface area contributed by atoms with Gasteiger partial charge >= 0.3 is 0 Å². The molecule has 0 aliphatic heterocycles. The van der Waals surface area contributed by atoms with E-state index in [1.165, 1.54) is 5.56 Å². The van der Waals surface area contributed by atoms with Crippen LogP contribution >= 0.6 is 7.14 Å². The first-order chi connectivity index (χ1) is 16.2. The van der Waals surface area contributed by atoms with Crippen molar-refractivity contribution in [1.82, 2.24) is 9.88 Å². The maximum Gasteiger partial charge on any atom is 0.124 e. The number of ether oxygens (including phenoxy) is 1. The molecule has 0 bridgehead atoms. The molecule has 0 amide bonds. The van der Waals surface area contributed by atoms with Gasteiger partial charge in [-0.25, -0.2) is 0 Å². The predicted octanol–water partition coefficient (Wildman–Crippen LogP) is 8.94. The van der Waals surface area contributed by atoms with Crippen LogP contribution in [0.25, 0.3) is 0 Å². The first-order valence-electron chi connectivity index (χ1n) is 12.9. The molecule has 0 radical (unpaired) electrons. The molecule has 1 atom stereocenters. The summed E-state index contributed by atoms with van der Waals surface area (Å²) in [6.45, 7) is 26.9. The summed E-state index contributed by atoms with van der Waals surface area (Å²) < 4.78 is 18.0. The Labute approximate surface area is 213 Å². The lowest BCUT2D eigenvalue weighted by atomic mass is 10.0. The molecule has 0 aliphatic rings. The van der Waals surface area contributed by atoms with Crippen LogP contribution in [-0.4, -0.2) is 49.7 Å². The van der Waals surface area contributed by atoms with Crippen LogP contribution in [0.3, 0.4) is 0 Å². The lowest BCUT2D eigenvalue weighted by molar-refractivity contribution is 0.315. The number of nitrogens with zero attached hydrogens (tertiary/aromatic N) is 2. The summed E-state index contributed by atoms with van der Waals surface area (Å²) in [6.07, 6.45) is 4.32. The third kappa shape index (κ3) is 17.8. The fraction of sp³-hybridized carbons (Fsp3) is 0.621. The average Bonchev–Trinajstić information content (AvgIpc) is 2.87. The Morgan fingerprint density at radius 1 is 0.882 bits per heavy atom. The van der Waals surface area contributed by atoms with Crippen LogP contribution in [0.15, 0.2) is 42.7 Å². The number of pyridine rings is 1. The highest BCUT2D eigenvalue weighted by atomic mass is 31.2. The van der Waals surface area contributed by atoms with E-state index in [-0.39, 0.29) is 5.78 Å². The fourth-order valence-corrected chi connectivity index (χ4v) is 4.83. The Morgan fingerprint density at radius 2 is 1.29 bits per heavy atom. The van der Waals surface area contributed by atoms with Crippen LogP contribution in [-0.2, 0) is 11.0 Å². The highest BCUT2D eigenvalue weighted by Gasteiger charge is 2.27. The number of likely N-dealkylation sites (N-methyl/N-ethyl adjacent to an activating group) is 1. The largest absolute Gasteiger partial charge is 0.496 e. The summed E-state index contributed by atoms with van der Waals surface area (Å²) >= 11 is 0. The molecular formula is C29H57N2O2P. The SMILES string of the molecule is CC.CC.CC.CC.CCN(C)C(Cc1cc(C)c(OC)c(C)c1)P(C)(C)=O.c1ccncc1. The smallest absolute Gasteiger partial charge is 0.124 e. The molecule has 0 saturated heterocycles. The van der Waals surface area contributed by atoms with Gasteiger partial charge in [0.15, 0.2) is 0 Å². The molecular weight excluding hydrogens is 439 g/mol. The zero-order valence-electron chi connectivity index (χ0n) is 25.2. The van der Waals surface area contributed by atoms with Gasteiger partial charge in [-0.3, -0.25) is 9.88 Å². The molecule has 1 aromatic heterocycles. The molecule has 200 valence electrons. The molecule has 5 heteroatoms. The number of benzene rings is 1. The molecule has 0 saturated carbocycles. The van der Waals surface area contributed by atoms with Gasteiger partial charge in [0.2, 0.25) is 0 Å². The van der Waals surface area contributed by atoms with Gasteiger partial charge in [-0.05, 0) is 76.0 Å². The average molecular weight is 497 g/mol. The highest BCUT2D eigenvalue weighted by molar-refractivity contribution is 7.63. The van der Waals surface area contributed by atoms with Crippen LogP contribution in [0.5, 0.6) is 5.75 Å². The summed E-state index contributed by atoms with van der Waals surface area (Å²) in [7, 11) is 1.58. The van der Waals surface area contributed by atoms with E-state index in [2.05, 4.69) is 42.8 Å².